The third-order valence-electron chi connectivity index (χ3n) is 4.87. The Morgan fingerprint density at radius 1 is 1.42 bits per heavy atom. The highest BCUT2D eigenvalue weighted by atomic mass is 16.2. The first-order chi connectivity index (χ1) is 8.98. The van der Waals surface area contributed by atoms with Gasteiger partial charge in [-0.25, -0.2) is 0 Å². The third-order valence-corrected chi connectivity index (χ3v) is 4.87. The summed E-state index contributed by atoms with van der Waals surface area (Å²) < 4.78 is 0. The molecule has 0 bridgehead atoms. The van der Waals surface area contributed by atoms with Crippen LogP contribution in [-0.2, 0) is 4.79 Å². The lowest BCUT2D eigenvalue weighted by Crippen LogP contribution is -2.51. The summed E-state index contributed by atoms with van der Waals surface area (Å²) in [5, 5.41) is 6.51. The van der Waals surface area contributed by atoms with E-state index in [1.807, 2.05) is 0 Å². The van der Waals surface area contributed by atoms with Crippen LogP contribution in [0.25, 0.3) is 0 Å². The first kappa shape index (κ1) is 14.8. The summed E-state index contributed by atoms with van der Waals surface area (Å²) in [6, 6.07) is 0.0265. The number of nitrogens with one attached hydrogen (secondary N) is 2. The van der Waals surface area contributed by atoms with E-state index >= 15 is 0 Å². The average molecular weight is 267 g/mol. The molecule has 2 N–H and O–H groups in total. The normalized spacial score (nSPS) is 31.9. The second-order valence-corrected chi connectivity index (χ2v) is 6.97. The van der Waals surface area contributed by atoms with Gasteiger partial charge in [-0.15, -0.1) is 0 Å². The lowest BCUT2D eigenvalue weighted by Gasteiger charge is -2.38. The Kier molecular flexibility index (Phi) is 4.85. The average Bonchev–Trinajstić information content (AvgIpc) is 2.40. The maximum absolute atomic E-state index is 12.2. The Balaban J connectivity index is 1.76. The highest BCUT2D eigenvalue weighted by Crippen LogP contribution is 2.29. The van der Waals surface area contributed by atoms with Gasteiger partial charge in [-0.1, -0.05) is 13.8 Å². The van der Waals surface area contributed by atoms with Crippen molar-refractivity contribution in [1.29, 1.82) is 0 Å². The quantitative estimate of drug-likeness (QED) is 0.808. The Bertz CT molecular complexity index is 311. The molecule has 2 saturated heterocycles. The minimum absolute atomic E-state index is 0.0265. The van der Waals surface area contributed by atoms with E-state index in [9.17, 15) is 4.79 Å². The maximum Gasteiger partial charge on any atom is 0.237 e. The summed E-state index contributed by atoms with van der Waals surface area (Å²) in [6.07, 6.45) is 4.52. The fraction of sp³-hybridized carbons (Fsp3) is 0.933. The lowest BCUT2D eigenvalue weighted by molar-refractivity contribution is -0.124. The molecule has 2 fully saturated rings. The summed E-state index contributed by atoms with van der Waals surface area (Å²) in [5.41, 5.74) is 0.280. The minimum Gasteiger partial charge on any atom is -0.354 e. The molecule has 2 heterocycles. The summed E-state index contributed by atoms with van der Waals surface area (Å²) in [4.78, 5) is 14.6. The van der Waals surface area contributed by atoms with Gasteiger partial charge in [0.1, 0.15) is 0 Å². The molecule has 4 heteroatoms. The van der Waals surface area contributed by atoms with E-state index in [0.717, 1.165) is 32.6 Å². The van der Waals surface area contributed by atoms with Crippen LogP contribution in [0, 0.1) is 11.3 Å². The molecule has 0 aliphatic carbocycles. The minimum atomic E-state index is 0.0265. The molecule has 1 amide bonds. The third kappa shape index (κ3) is 4.18. The molecule has 2 aliphatic rings. The summed E-state index contributed by atoms with van der Waals surface area (Å²) >= 11 is 0. The molecule has 0 radical (unpaired) electrons. The second-order valence-electron chi connectivity index (χ2n) is 6.97. The zero-order valence-electron chi connectivity index (χ0n) is 12.7. The predicted octanol–water partition coefficient (Wildman–Crippen LogP) is 1.22. The van der Waals surface area contributed by atoms with Crippen LogP contribution in [0.1, 0.15) is 39.5 Å². The number of nitrogens with zero attached hydrogens (tertiary/aromatic N) is 1. The van der Waals surface area contributed by atoms with Gasteiger partial charge in [0.15, 0.2) is 0 Å². The number of rotatable bonds is 3. The van der Waals surface area contributed by atoms with Crippen molar-refractivity contribution in [3.63, 3.8) is 0 Å². The Hall–Kier alpha value is -0.610. The van der Waals surface area contributed by atoms with Crippen molar-refractivity contribution >= 4 is 5.91 Å². The van der Waals surface area contributed by atoms with Crippen LogP contribution >= 0.6 is 0 Å². The van der Waals surface area contributed by atoms with E-state index in [1.54, 1.807) is 0 Å². The Morgan fingerprint density at radius 3 is 2.74 bits per heavy atom. The fourth-order valence-corrected chi connectivity index (χ4v) is 3.07. The van der Waals surface area contributed by atoms with Crippen LogP contribution < -0.4 is 10.6 Å². The molecular weight excluding hydrogens is 238 g/mol. The monoisotopic (exact) mass is 267 g/mol. The number of likely N-dealkylation sites (tertiary alicyclic amines) is 1. The van der Waals surface area contributed by atoms with Gasteiger partial charge in [0.25, 0.3) is 0 Å². The second kappa shape index (κ2) is 6.23. The Morgan fingerprint density at radius 2 is 2.11 bits per heavy atom. The zero-order chi connectivity index (χ0) is 13.9. The molecule has 0 aromatic carbocycles. The summed E-state index contributed by atoms with van der Waals surface area (Å²) in [7, 11) is 2.17. The first-order valence-electron chi connectivity index (χ1n) is 7.68. The van der Waals surface area contributed by atoms with Gasteiger partial charge in [0.2, 0.25) is 5.91 Å². The lowest BCUT2D eigenvalue weighted by atomic mass is 9.80. The summed E-state index contributed by atoms with van der Waals surface area (Å²) in [6.45, 7) is 8.63. The van der Waals surface area contributed by atoms with E-state index in [1.165, 1.54) is 19.3 Å². The molecule has 2 atom stereocenters. The van der Waals surface area contributed by atoms with Gasteiger partial charge < -0.3 is 15.5 Å². The van der Waals surface area contributed by atoms with E-state index < -0.39 is 0 Å². The van der Waals surface area contributed by atoms with Crippen molar-refractivity contribution < 1.29 is 4.79 Å². The SMILES string of the molecule is CC1CCNC(C(=O)NCC2(C)CCN(C)CC2)C1. The molecule has 2 unspecified atom stereocenters. The van der Waals surface area contributed by atoms with Gasteiger partial charge in [-0.05, 0) is 63.7 Å². The Labute approximate surface area is 117 Å². The van der Waals surface area contributed by atoms with Crippen molar-refractivity contribution in [2.75, 3.05) is 33.2 Å². The molecule has 4 nitrogen and oxygen atoms in total. The number of amides is 1. The van der Waals surface area contributed by atoms with Crippen molar-refractivity contribution in [2.45, 2.75) is 45.6 Å². The standard InChI is InChI=1S/C15H29N3O/c1-12-4-7-16-13(10-12)14(19)17-11-15(2)5-8-18(3)9-6-15/h12-13,16H,4-11H2,1-3H3,(H,17,19). The van der Waals surface area contributed by atoms with E-state index in [0.29, 0.717) is 5.92 Å². The number of carbonyl (C=O) groups is 1. The van der Waals surface area contributed by atoms with Gasteiger partial charge in [-0.3, -0.25) is 4.79 Å². The fourth-order valence-electron chi connectivity index (χ4n) is 3.07. The van der Waals surface area contributed by atoms with Crippen molar-refractivity contribution in [2.24, 2.45) is 11.3 Å². The van der Waals surface area contributed by atoms with E-state index in [-0.39, 0.29) is 17.4 Å². The largest absolute Gasteiger partial charge is 0.354 e. The molecule has 2 aliphatic heterocycles. The van der Waals surface area contributed by atoms with Crippen LogP contribution in [0.2, 0.25) is 0 Å². The van der Waals surface area contributed by atoms with Crippen LogP contribution in [0.5, 0.6) is 0 Å². The smallest absolute Gasteiger partial charge is 0.237 e. The van der Waals surface area contributed by atoms with Gasteiger partial charge >= 0.3 is 0 Å². The first-order valence-corrected chi connectivity index (χ1v) is 7.68. The van der Waals surface area contributed by atoms with Crippen molar-refractivity contribution in [3.05, 3.63) is 0 Å². The number of piperidine rings is 2. The molecule has 0 aromatic rings. The van der Waals surface area contributed by atoms with Crippen LogP contribution in [0.15, 0.2) is 0 Å². The molecular formula is C15H29N3O. The molecule has 110 valence electrons. The highest BCUT2D eigenvalue weighted by molar-refractivity contribution is 5.81. The van der Waals surface area contributed by atoms with Crippen molar-refractivity contribution in [1.82, 2.24) is 15.5 Å². The van der Waals surface area contributed by atoms with Gasteiger partial charge in [-0.2, -0.15) is 0 Å². The van der Waals surface area contributed by atoms with Crippen LogP contribution in [-0.4, -0.2) is 50.1 Å². The summed E-state index contributed by atoms with van der Waals surface area (Å²) in [5.74, 6) is 0.864. The zero-order valence-corrected chi connectivity index (χ0v) is 12.7. The molecule has 19 heavy (non-hydrogen) atoms. The molecule has 0 aromatic heterocycles. The maximum atomic E-state index is 12.2. The highest BCUT2D eigenvalue weighted by Gasteiger charge is 2.31. The topological polar surface area (TPSA) is 44.4 Å². The van der Waals surface area contributed by atoms with Crippen LogP contribution in [0.3, 0.4) is 0 Å². The van der Waals surface area contributed by atoms with E-state index in [2.05, 4.69) is 36.4 Å². The van der Waals surface area contributed by atoms with E-state index in [4.69, 9.17) is 0 Å². The number of hydrogen-bond donors (Lipinski definition) is 2. The van der Waals surface area contributed by atoms with Crippen molar-refractivity contribution in [3.8, 4) is 0 Å². The molecule has 0 saturated carbocycles. The number of hydrogen-bond acceptors (Lipinski definition) is 3. The molecule has 2 rings (SSSR count). The van der Waals surface area contributed by atoms with Crippen LogP contribution in [0.4, 0.5) is 0 Å². The van der Waals surface area contributed by atoms with Gasteiger partial charge in [0.05, 0.1) is 6.04 Å². The van der Waals surface area contributed by atoms with Gasteiger partial charge in [0, 0.05) is 6.54 Å². The number of carbonyl (C=O) groups excluding carboxylic acids is 1. The molecule has 0 spiro atoms. The predicted molar refractivity (Wildman–Crippen MR) is 78.0 cm³/mol.